The molecule has 0 bridgehead atoms. The molecule has 0 aliphatic carbocycles. The van der Waals surface area contributed by atoms with Gasteiger partial charge in [-0.05, 0) is 52.3 Å². The molecule has 1 aromatic carbocycles. The van der Waals surface area contributed by atoms with Crippen molar-refractivity contribution >= 4 is 27.5 Å². The SMILES string of the molecule is NC(=O)c1ccc(NCc2cccc(Br)n2)cc1. The molecule has 5 heteroatoms. The van der Waals surface area contributed by atoms with Gasteiger partial charge in [-0.15, -0.1) is 0 Å². The first kappa shape index (κ1) is 12.6. The largest absolute Gasteiger partial charge is 0.379 e. The molecular weight excluding hydrogens is 294 g/mol. The van der Waals surface area contributed by atoms with Crippen LogP contribution in [0.25, 0.3) is 0 Å². The average molecular weight is 306 g/mol. The van der Waals surface area contributed by atoms with E-state index in [1.165, 1.54) is 0 Å². The molecule has 0 unspecified atom stereocenters. The van der Waals surface area contributed by atoms with E-state index in [2.05, 4.69) is 26.2 Å². The molecule has 0 aliphatic rings. The molecule has 3 N–H and O–H groups in total. The van der Waals surface area contributed by atoms with Crippen LogP contribution in [0.4, 0.5) is 5.69 Å². The summed E-state index contributed by atoms with van der Waals surface area (Å²) >= 11 is 3.32. The maximum Gasteiger partial charge on any atom is 0.248 e. The number of pyridine rings is 1. The smallest absolute Gasteiger partial charge is 0.248 e. The summed E-state index contributed by atoms with van der Waals surface area (Å²) in [7, 11) is 0. The standard InChI is InChI=1S/C13H12BrN3O/c14-12-3-1-2-11(17-12)8-16-10-6-4-9(5-7-10)13(15)18/h1-7,16H,8H2,(H2,15,18). The lowest BCUT2D eigenvalue weighted by molar-refractivity contribution is 0.100. The van der Waals surface area contributed by atoms with Gasteiger partial charge in [-0.25, -0.2) is 4.98 Å². The highest BCUT2D eigenvalue weighted by molar-refractivity contribution is 9.10. The predicted molar refractivity (Wildman–Crippen MR) is 74.2 cm³/mol. The van der Waals surface area contributed by atoms with Gasteiger partial charge in [0.1, 0.15) is 4.60 Å². The van der Waals surface area contributed by atoms with Crippen LogP contribution in [0.1, 0.15) is 16.1 Å². The summed E-state index contributed by atoms with van der Waals surface area (Å²) < 4.78 is 0.811. The van der Waals surface area contributed by atoms with E-state index in [4.69, 9.17) is 5.73 Å². The van der Waals surface area contributed by atoms with Crippen molar-refractivity contribution < 1.29 is 4.79 Å². The zero-order valence-corrected chi connectivity index (χ0v) is 11.1. The zero-order chi connectivity index (χ0) is 13.0. The number of carbonyl (C=O) groups is 1. The Morgan fingerprint density at radius 1 is 1.22 bits per heavy atom. The lowest BCUT2D eigenvalue weighted by atomic mass is 10.2. The van der Waals surface area contributed by atoms with Crippen LogP contribution in [-0.4, -0.2) is 10.9 Å². The molecule has 0 atom stereocenters. The summed E-state index contributed by atoms with van der Waals surface area (Å²) in [6.45, 7) is 0.620. The van der Waals surface area contributed by atoms with Crippen molar-refractivity contribution in [2.45, 2.75) is 6.54 Å². The Morgan fingerprint density at radius 3 is 2.56 bits per heavy atom. The van der Waals surface area contributed by atoms with Crippen molar-refractivity contribution in [3.05, 3.63) is 58.3 Å². The maximum absolute atomic E-state index is 10.9. The number of nitrogens with one attached hydrogen (secondary N) is 1. The fourth-order valence-corrected chi connectivity index (χ4v) is 1.87. The molecule has 0 saturated carbocycles. The van der Waals surface area contributed by atoms with Gasteiger partial charge in [-0.3, -0.25) is 4.79 Å². The van der Waals surface area contributed by atoms with Gasteiger partial charge >= 0.3 is 0 Å². The molecule has 2 rings (SSSR count). The number of rotatable bonds is 4. The van der Waals surface area contributed by atoms with E-state index in [-0.39, 0.29) is 0 Å². The number of benzene rings is 1. The molecule has 0 radical (unpaired) electrons. The highest BCUT2D eigenvalue weighted by Gasteiger charge is 2.00. The number of anilines is 1. The van der Waals surface area contributed by atoms with Gasteiger partial charge in [0.05, 0.1) is 12.2 Å². The second-order valence-corrected chi connectivity index (χ2v) is 4.56. The maximum atomic E-state index is 10.9. The molecule has 0 spiro atoms. The minimum absolute atomic E-state index is 0.421. The number of hydrogen-bond acceptors (Lipinski definition) is 3. The number of halogens is 1. The number of nitrogens with zero attached hydrogens (tertiary/aromatic N) is 1. The number of amides is 1. The molecule has 0 aliphatic heterocycles. The van der Waals surface area contributed by atoms with Gasteiger partial charge in [0.2, 0.25) is 5.91 Å². The average Bonchev–Trinajstić information content (AvgIpc) is 2.37. The Hall–Kier alpha value is -1.88. The highest BCUT2D eigenvalue weighted by Crippen LogP contribution is 2.11. The Kier molecular flexibility index (Phi) is 3.94. The number of hydrogen-bond donors (Lipinski definition) is 2. The zero-order valence-electron chi connectivity index (χ0n) is 9.56. The number of aromatic nitrogens is 1. The second-order valence-electron chi connectivity index (χ2n) is 3.75. The first-order chi connectivity index (χ1) is 8.65. The molecule has 92 valence electrons. The summed E-state index contributed by atoms with van der Waals surface area (Å²) in [4.78, 5) is 15.2. The Balaban J connectivity index is 2.00. The summed E-state index contributed by atoms with van der Waals surface area (Å²) in [5, 5.41) is 3.22. The second kappa shape index (κ2) is 5.64. The van der Waals surface area contributed by atoms with Crippen molar-refractivity contribution in [3.8, 4) is 0 Å². The Labute approximate surface area is 113 Å². The van der Waals surface area contributed by atoms with Gasteiger partial charge < -0.3 is 11.1 Å². The fraction of sp³-hybridized carbons (Fsp3) is 0.0769. The fourth-order valence-electron chi connectivity index (χ4n) is 1.49. The minimum Gasteiger partial charge on any atom is -0.379 e. The summed E-state index contributed by atoms with van der Waals surface area (Å²) in [5.74, 6) is -0.421. The topological polar surface area (TPSA) is 68.0 Å². The van der Waals surface area contributed by atoms with Crippen LogP contribution in [0.2, 0.25) is 0 Å². The third-order valence-corrected chi connectivity index (χ3v) is 2.86. The van der Waals surface area contributed by atoms with Gasteiger partial charge in [-0.2, -0.15) is 0 Å². The number of carbonyl (C=O) groups excluding carboxylic acids is 1. The lowest BCUT2D eigenvalue weighted by Crippen LogP contribution is -2.10. The highest BCUT2D eigenvalue weighted by atomic mass is 79.9. The van der Waals surface area contributed by atoms with Crippen LogP contribution in [-0.2, 0) is 6.54 Å². The lowest BCUT2D eigenvalue weighted by Gasteiger charge is -2.06. The van der Waals surface area contributed by atoms with E-state index in [1.54, 1.807) is 12.1 Å². The molecule has 1 heterocycles. The van der Waals surface area contributed by atoms with E-state index in [0.29, 0.717) is 12.1 Å². The van der Waals surface area contributed by atoms with Crippen molar-refractivity contribution in [1.82, 2.24) is 4.98 Å². The molecule has 2 aromatic rings. The Bertz CT molecular complexity index is 554. The van der Waals surface area contributed by atoms with Crippen LogP contribution < -0.4 is 11.1 Å². The van der Waals surface area contributed by atoms with Gasteiger partial charge in [0.15, 0.2) is 0 Å². The van der Waals surface area contributed by atoms with Crippen molar-refractivity contribution in [2.75, 3.05) is 5.32 Å². The van der Waals surface area contributed by atoms with E-state index in [9.17, 15) is 4.79 Å². The molecular formula is C13H12BrN3O. The monoisotopic (exact) mass is 305 g/mol. The van der Waals surface area contributed by atoms with Gasteiger partial charge in [-0.1, -0.05) is 6.07 Å². The minimum atomic E-state index is -0.421. The number of nitrogens with two attached hydrogens (primary N) is 1. The van der Waals surface area contributed by atoms with Crippen molar-refractivity contribution in [1.29, 1.82) is 0 Å². The van der Waals surface area contributed by atoms with E-state index >= 15 is 0 Å². The van der Waals surface area contributed by atoms with Gasteiger partial charge in [0, 0.05) is 11.3 Å². The molecule has 0 fully saturated rings. The molecule has 18 heavy (non-hydrogen) atoms. The van der Waals surface area contributed by atoms with Crippen LogP contribution >= 0.6 is 15.9 Å². The first-order valence-electron chi connectivity index (χ1n) is 5.40. The quantitative estimate of drug-likeness (QED) is 0.853. The summed E-state index contributed by atoms with van der Waals surface area (Å²) in [6.07, 6.45) is 0. The third-order valence-electron chi connectivity index (χ3n) is 2.42. The van der Waals surface area contributed by atoms with E-state index in [0.717, 1.165) is 16.0 Å². The van der Waals surface area contributed by atoms with Crippen molar-refractivity contribution in [3.63, 3.8) is 0 Å². The first-order valence-corrected chi connectivity index (χ1v) is 6.19. The normalized spacial score (nSPS) is 10.1. The van der Waals surface area contributed by atoms with Crippen LogP contribution in [0.5, 0.6) is 0 Å². The third kappa shape index (κ3) is 3.30. The molecule has 1 aromatic heterocycles. The number of primary amides is 1. The summed E-state index contributed by atoms with van der Waals surface area (Å²) in [6, 6.07) is 12.8. The summed E-state index contributed by atoms with van der Waals surface area (Å²) in [5.41, 5.74) is 7.52. The van der Waals surface area contributed by atoms with Crippen LogP contribution in [0.15, 0.2) is 47.1 Å². The predicted octanol–water partition coefficient (Wildman–Crippen LogP) is 2.56. The van der Waals surface area contributed by atoms with E-state index in [1.807, 2.05) is 30.3 Å². The van der Waals surface area contributed by atoms with Gasteiger partial charge in [0.25, 0.3) is 0 Å². The Morgan fingerprint density at radius 2 is 1.94 bits per heavy atom. The van der Waals surface area contributed by atoms with Crippen LogP contribution in [0, 0.1) is 0 Å². The van der Waals surface area contributed by atoms with E-state index < -0.39 is 5.91 Å². The van der Waals surface area contributed by atoms with Crippen LogP contribution in [0.3, 0.4) is 0 Å². The molecule has 0 saturated heterocycles. The molecule has 4 nitrogen and oxygen atoms in total. The molecule has 1 amide bonds. The van der Waals surface area contributed by atoms with Crippen molar-refractivity contribution in [2.24, 2.45) is 5.73 Å².